The van der Waals surface area contributed by atoms with Crippen molar-refractivity contribution < 1.29 is 13.2 Å². The fourth-order valence-electron chi connectivity index (χ4n) is 2.22. The van der Waals surface area contributed by atoms with Gasteiger partial charge < -0.3 is 4.90 Å². The van der Waals surface area contributed by atoms with Crippen molar-refractivity contribution in [3.63, 3.8) is 0 Å². The van der Waals surface area contributed by atoms with E-state index in [1.54, 1.807) is 18.1 Å². The van der Waals surface area contributed by atoms with Gasteiger partial charge in [-0.15, -0.1) is 0 Å². The molecular formula is C13H14F3N5. The van der Waals surface area contributed by atoms with Gasteiger partial charge in [0.05, 0.1) is 11.9 Å². The van der Waals surface area contributed by atoms with Crippen molar-refractivity contribution in [1.29, 1.82) is 0 Å². The molecule has 3 heterocycles. The second-order valence-corrected chi connectivity index (χ2v) is 5.17. The molecule has 0 aromatic carbocycles. The molecular weight excluding hydrogens is 283 g/mol. The first-order chi connectivity index (χ1) is 9.84. The first kappa shape index (κ1) is 13.8. The largest absolute Gasteiger partial charge is 0.433 e. The van der Waals surface area contributed by atoms with Crippen LogP contribution in [0.3, 0.4) is 0 Å². The molecule has 5 nitrogen and oxygen atoms in total. The summed E-state index contributed by atoms with van der Waals surface area (Å²) in [5.74, 6) is 0.127. The normalized spacial score (nSPS) is 18.7. The Bertz CT molecular complexity index is 664. The van der Waals surface area contributed by atoms with Crippen molar-refractivity contribution >= 4 is 5.95 Å². The molecule has 3 rings (SSSR count). The van der Waals surface area contributed by atoms with Crippen LogP contribution in [0.4, 0.5) is 19.1 Å². The van der Waals surface area contributed by atoms with E-state index >= 15 is 0 Å². The van der Waals surface area contributed by atoms with Gasteiger partial charge in [-0.2, -0.15) is 18.3 Å². The minimum absolute atomic E-state index is 0.127. The van der Waals surface area contributed by atoms with Gasteiger partial charge in [-0.25, -0.2) is 9.97 Å². The van der Waals surface area contributed by atoms with Gasteiger partial charge in [0, 0.05) is 31.4 Å². The molecule has 1 atom stereocenters. The lowest BCUT2D eigenvalue weighted by Gasteiger charge is -2.38. The minimum atomic E-state index is -4.50. The molecule has 1 aliphatic rings. The zero-order chi connectivity index (χ0) is 15.2. The first-order valence-corrected chi connectivity index (χ1v) is 6.56. The second-order valence-electron chi connectivity index (χ2n) is 5.17. The highest BCUT2D eigenvalue weighted by Gasteiger charge is 2.36. The van der Waals surface area contributed by atoms with Gasteiger partial charge in [0.25, 0.3) is 0 Å². The third-order valence-electron chi connectivity index (χ3n) is 3.58. The summed E-state index contributed by atoms with van der Waals surface area (Å²) in [5.41, 5.74) is -0.148. The predicted molar refractivity (Wildman–Crippen MR) is 70.7 cm³/mol. The maximum Gasteiger partial charge on any atom is 0.433 e. The Morgan fingerprint density at radius 3 is 2.52 bits per heavy atom. The number of hydrogen-bond acceptors (Lipinski definition) is 4. The molecule has 112 valence electrons. The van der Waals surface area contributed by atoms with Crippen LogP contribution in [0, 0.1) is 0 Å². The van der Waals surface area contributed by atoms with E-state index < -0.39 is 11.9 Å². The summed E-state index contributed by atoms with van der Waals surface area (Å²) in [5, 5.41) is 3.97. The molecule has 0 saturated carbocycles. The Hall–Kier alpha value is -2.12. The topological polar surface area (TPSA) is 46.8 Å². The van der Waals surface area contributed by atoms with E-state index in [2.05, 4.69) is 15.1 Å². The molecule has 1 fully saturated rings. The van der Waals surface area contributed by atoms with Crippen LogP contribution in [-0.4, -0.2) is 32.3 Å². The Balaban J connectivity index is 2.09. The fraction of sp³-hybridized carbons (Fsp3) is 0.462. The number of hydrogen-bond donors (Lipinski definition) is 0. The standard InChI is InChI=1S/C13H14F3N5/c1-8-3-4-21(8)12-18-10(9-6-17-20(2)7-9)5-11(19-12)13(14,15)16/h5-8H,3-4H2,1-2H3/t8-/m0/s1. The summed E-state index contributed by atoms with van der Waals surface area (Å²) in [6, 6.07) is 1.13. The van der Waals surface area contributed by atoms with E-state index in [0.717, 1.165) is 12.5 Å². The molecule has 0 radical (unpaired) electrons. The SMILES string of the molecule is C[C@H]1CCN1c1nc(-c2cnn(C)c2)cc(C(F)(F)F)n1. The molecule has 0 spiro atoms. The lowest BCUT2D eigenvalue weighted by atomic mass is 10.1. The van der Waals surface area contributed by atoms with E-state index in [1.807, 2.05) is 6.92 Å². The first-order valence-electron chi connectivity index (χ1n) is 6.56. The summed E-state index contributed by atoms with van der Waals surface area (Å²) in [6.45, 7) is 2.62. The fourth-order valence-corrected chi connectivity index (χ4v) is 2.22. The van der Waals surface area contributed by atoms with Crippen LogP contribution in [0.1, 0.15) is 19.0 Å². The Morgan fingerprint density at radius 2 is 2.05 bits per heavy atom. The van der Waals surface area contributed by atoms with E-state index in [-0.39, 0.29) is 17.7 Å². The van der Waals surface area contributed by atoms with E-state index in [9.17, 15) is 13.2 Å². The van der Waals surface area contributed by atoms with Gasteiger partial charge in [0.2, 0.25) is 5.95 Å². The number of anilines is 1. The lowest BCUT2D eigenvalue weighted by molar-refractivity contribution is -0.141. The number of rotatable bonds is 2. The number of nitrogens with zero attached hydrogens (tertiary/aromatic N) is 5. The van der Waals surface area contributed by atoms with Gasteiger partial charge in [-0.3, -0.25) is 4.68 Å². The summed E-state index contributed by atoms with van der Waals surface area (Å²) in [7, 11) is 1.70. The molecule has 21 heavy (non-hydrogen) atoms. The third kappa shape index (κ3) is 2.57. The Labute approximate surface area is 119 Å². The average Bonchev–Trinajstić information content (AvgIpc) is 2.82. The van der Waals surface area contributed by atoms with Crippen molar-refractivity contribution in [3.05, 3.63) is 24.2 Å². The molecule has 0 aliphatic carbocycles. The highest BCUT2D eigenvalue weighted by atomic mass is 19.4. The molecule has 2 aromatic heterocycles. The van der Waals surface area contributed by atoms with Gasteiger partial charge in [0.15, 0.2) is 5.69 Å². The van der Waals surface area contributed by atoms with Crippen LogP contribution in [0.15, 0.2) is 18.5 Å². The summed E-state index contributed by atoms with van der Waals surface area (Å²) >= 11 is 0. The zero-order valence-corrected chi connectivity index (χ0v) is 11.6. The van der Waals surface area contributed by atoms with Crippen molar-refractivity contribution in [2.24, 2.45) is 7.05 Å². The summed E-state index contributed by atoms with van der Waals surface area (Å²) in [4.78, 5) is 9.71. The predicted octanol–water partition coefficient (Wildman–Crippen LogP) is 2.49. The summed E-state index contributed by atoms with van der Waals surface area (Å²) < 4.78 is 40.6. The van der Waals surface area contributed by atoms with Crippen molar-refractivity contribution in [1.82, 2.24) is 19.7 Å². The number of alkyl halides is 3. The molecule has 0 unspecified atom stereocenters. The smallest absolute Gasteiger partial charge is 0.338 e. The second kappa shape index (κ2) is 4.71. The van der Waals surface area contributed by atoms with Gasteiger partial charge in [-0.1, -0.05) is 0 Å². The van der Waals surface area contributed by atoms with Gasteiger partial charge >= 0.3 is 6.18 Å². The van der Waals surface area contributed by atoms with Crippen molar-refractivity contribution in [2.75, 3.05) is 11.4 Å². The zero-order valence-electron chi connectivity index (χ0n) is 11.6. The Kier molecular flexibility index (Phi) is 3.11. The van der Waals surface area contributed by atoms with Gasteiger partial charge in [-0.05, 0) is 19.4 Å². The van der Waals surface area contributed by atoms with E-state index in [0.29, 0.717) is 12.1 Å². The minimum Gasteiger partial charge on any atom is -0.338 e. The van der Waals surface area contributed by atoms with Crippen LogP contribution >= 0.6 is 0 Å². The Morgan fingerprint density at radius 1 is 1.29 bits per heavy atom. The van der Waals surface area contributed by atoms with Crippen molar-refractivity contribution in [3.8, 4) is 11.3 Å². The highest BCUT2D eigenvalue weighted by molar-refractivity contribution is 5.60. The molecule has 8 heteroatoms. The van der Waals surface area contributed by atoms with Crippen LogP contribution in [-0.2, 0) is 13.2 Å². The number of aromatic nitrogens is 4. The molecule has 0 bridgehead atoms. The quantitative estimate of drug-likeness (QED) is 0.854. The van der Waals surface area contributed by atoms with Gasteiger partial charge in [0.1, 0.15) is 0 Å². The molecule has 0 amide bonds. The summed E-state index contributed by atoms with van der Waals surface area (Å²) in [6.07, 6.45) is -0.442. The van der Waals surface area contributed by atoms with Crippen LogP contribution in [0.5, 0.6) is 0 Å². The molecule has 0 N–H and O–H groups in total. The molecule has 2 aromatic rings. The highest BCUT2D eigenvalue weighted by Crippen LogP contribution is 2.33. The maximum atomic E-state index is 13.0. The van der Waals surface area contributed by atoms with Crippen molar-refractivity contribution in [2.45, 2.75) is 25.6 Å². The number of halogens is 3. The van der Waals surface area contributed by atoms with Crippen LogP contribution in [0.25, 0.3) is 11.3 Å². The maximum absolute atomic E-state index is 13.0. The monoisotopic (exact) mass is 297 g/mol. The number of aryl methyl sites for hydroxylation is 1. The lowest BCUT2D eigenvalue weighted by Crippen LogP contribution is -2.46. The molecule has 1 saturated heterocycles. The van der Waals surface area contributed by atoms with Crippen LogP contribution in [0.2, 0.25) is 0 Å². The van der Waals surface area contributed by atoms with E-state index in [4.69, 9.17) is 0 Å². The van der Waals surface area contributed by atoms with E-state index in [1.165, 1.54) is 10.9 Å². The molecule has 1 aliphatic heterocycles. The average molecular weight is 297 g/mol. The third-order valence-corrected chi connectivity index (χ3v) is 3.58. The van der Waals surface area contributed by atoms with Crippen LogP contribution < -0.4 is 4.90 Å².